The van der Waals surface area contributed by atoms with Crippen LogP contribution in [-0.2, 0) is 15.6 Å². The molecule has 1 rings (SSSR count). The first-order valence-corrected chi connectivity index (χ1v) is 8.20. The first kappa shape index (κ1) is 20.6. The fourth-order valence-corrected chi connectivity index (χ4v) is 2.83. The highest BCUT2D eigenvalue weighted by Crippen LogP contribution is 2.50. The Morgan fingerprint density at radius 2 is 1.38 bits per heavy atom. The van der Waals surface area contributed by atoms with Gasteiger partial charge in [0.1, 0.15) is 0 Å². The van der Waals surface area contributed by atoms with Crippen LogP contribution < -0.4 is 4.72 Å². The molecule has 0 aliphatic carbocycles. The van der Waals surface area contributed by atoms with Gasteiger partial charge in [-0.1, -0.05) is 12.1 Å². The second-order valence-corrected chi connectivity index (χ2v) is 7.21. The molecule has 0 aromatic heterocycles. The lowest BCUT2D eigenvalue weighted by Gasteiger charge is -2.33. The lowest BCUT2D eigenvalue weighted by molar-refractivity contribution is -0.376. The average Bonchev–Trinajstić information content (AvgIpc) is 2.39. The van der Waals surface area contributed by atoms with E-state index in [4.69, 9.17) is 0 Å². The van der Waals surface area contributed by atoms with Crippen LogP contribution in [0.4, 0.5) is 32.0 Å². The summed E-state index contributed by atoms with van der Waals surface area (Å²) in [7, 11) is -3.78. The first-order valence-electron chi connectivity index (χ1n) is 6.55. The highest BCUT2D eigenvalue weighted by atomic mass is 32.2. The molecule has 0 bridgehead atoms. The summed E-state index contributed by atoms with van der Waals surface area (Å²) in [5, 5.41) is 9.39. The molecule has 0 aliphatic rings. The van der Waals surface area contributed by atoms with Crippen LogP contribution in [0, 0.1) is 13.8 Å². The lowest BCUT2D eigenvalue weighted by Crippen LogP contribution is -2.54. The Kier molecular flexibility index (Phi) is 5.23. The number of sulfonamides is 1. The molecule has 0 aliphatic heterocycles. The third kappa shape index (κ3) is 3.61. The van der Waals surface area contributed by atoms with Gasteiger partial charge in [-0.15, -0.1) is 0 Å². The molecule has 0 amide bonds. The van der Waals surface area contributed by atoms with Crippen LogP contribution in [0.5, 0.6) is 0 Å². The topological polar surface area (TPSA) is 66.4 Å². The zero-order chi connectivity index (χ0) is 19.1. The highest BCUT2D eigenvalue weighted by molar-refractivity contribution is 7.92. The number of aliphatic hydroxyl groups is 1. The van der Waals surface area contributed by atoms with Crippen LogP contribution in [0.2, 0.25) is 0 Å². The van der Waals surface area contributed by atoms with E-state index in [1.165, 1.54) is 6.92 Å². The number of rotatable bonds is 4. The molecule has 0 radical (unpaired) electrons. The van der Waals surface area contributed by atoms with Crippen molar-refractivity contribution in [1.29, 1.82) is 0 Å². The van der Waals surface area contributed by atoms with Gasteiger partial charge in [0.2, 0.25) is 10.0 Å². The van der Waals surface area contributed by atoms with E-state index in [9.17, 15) is 39.9 Å². The summed E-state index contributed by atoms with van der Waals surface area (Å²) in [6.45, 7) is 3.59. The number of anilines is 1. The quantitative estimate of drug-likeness (QED) is 0.789. The van der Waals surface area contributed by atoms with Crippen LogP contribution in [0.1, 0.15) is 23.6 Å². The maximum absolute atomic E-state index is 12.9. The third-order valence-corrected chi connectivity index (χ3v) is 4.68. The Labute approximate surface area is 134 Å². The number of hydrogen-bond donors (Lipinski definition) is 2. The van der Waals surface area contributed by atoms with E-state index in [1.807, 2.05) is 0 Å². The van der Waals surface area contributed by atoms with E-state index in [0.29, 0.717) is 12.1 Å². The predicted octanol–water partition coefficient (Wildman–Crippen LogP) is 3.38. The van der Waals surface area contributed by atoms with Crippen LogP contribution in [-0.4, -0.2) is 31.6 Å². The molecular weight excluding hydrogens is 364 g/mol. The molecule has 11 heteroatoms. The van der Waals surface area contributed by atoms with Gasteiger partial charge < -0.3 is 5.11 Å². The zero-order valence-electron chi connectivity index (χ0n) is 12.8. The Hall–Kier alpha value is -1.49. The van der Waals surface area contributed by atoms with Crippen molar-refractivity contribution in [3.05, 3.63) is 28.8 Å². The number of benzene rings is 1. The number of halogens is 6. The largest absolute Gasteiger partial charge is 0.430 e. The van der Waals surface area contributed by atoms with Crippen molar-refractivity contribution in [3.8, 4) is 0 Å². The molecule has 4 nitrogen and oxygen atoms in total. The van der Waals surface area contributed by atoms with Crippen molar-refractivity contribution in [2.75, 3.05) is 10.5 Å². The van der Waals surface area contributed by atoms with Crippen molar-refractivity contribution in [2.45, 2.75) is 38.7 Å². The molecule has 1 aromatic carbocycles. The molecule has 0 saturated heterocycles. The van der Waals surface area contributed by atoms with Crippen molar-refractivity contribution < 1.29 is 39.9 Å². The van der Waals surface area contributed by atoms with Gasteiger partial charge in [0, 0.05) is 5.56 Å². The summed E-state index contributed by atoms with van der Waals surface area (Å²) >= 11 is 0. The van der Waals surface area contributed by atoms with Gasteiger partial charge >= 0.3 is 12.4 Å². The molecule has 0 saturated carbocycles. The fourth-order valence-electron chi connectivity index (χ4n) is 2.05. The zero-order valence-corrected chi connectivity index (χ0v) is 13.6. The van der Waals surface area contributed by atoms with E-state index in [0.717, 1.165) is 13.8 Å². The fraction of sp³-hybridized carbons (Fsp3) is 0.538. The standard InChI is InChI=1S/C13H15F6NO3S/c1-4-24(22,23)20-10-7(2)5-9(6-8(10)3)11(21,12(14,15)16)13(17,18)19/h5-6,20-21H,4H2,1-3H3. The first-order chi connectivity index (χ1) is 10.6. The Bertz CT molecular complexity index is 687. The van der Waals surface area contributed by atoms with Crippen LogP contribution in [0.15, 0.2) is 12.1 Å². The van der Waals surface area contributed by atoms with Gasteiger partial charge in [-0.05, 0) is 31.9 Å². The number of hydrogen-bond acceptors (Lipinski definition) is 3. The second-order valence-electron chi connectivity index (χ2n) is 5.20. The van der Waals surface area contributed by atoms with Crippen molar-refractivity contribution in [3.63, 3.8) is 0 Å². The summed E-state index contributed by atoms with van der Waals surface area (Å²) in [5.41, 5.74) is -7.00. The van der Waals surface area contributed by atoms with E-state index in [2.05, 4.69) is 4.72 Å². The monoisotopic (exact) mass is 379 g/mol. The molecule has 0 atom stereocenters. The van der Waals surface area contributed by atoms with E-state index >= 15 is 0 Å². The second kappa shape index (κ2) is 6.10. The maximum atomic E-state index is 12.9. The minimum absolute atomic E-state index is 0.132. The molecule has 2 N–H and O–H groups in total. The SMILES string of the molecule is CCS(=O)(=O)Nc1c(C)cc(C(O)(C(F)(F)F)C(F)(F)F)cc1C. The number of nitrogens with one attached hydrogen (secondary N) is 1. The van der Waals surface area contributed by atoms with E-state index in [-0.39, 0.29) is 22.6 Å². The maximum Gasteiger partial charge on any atom is 0.430 e. The molecule has 0 heterocycles. The highest BCUT2D eigenvalue weighted by Gasteiger charge is 2.71. The van der Waals surface area contributed by atoms with Gasteiger partial charge in [-0.2, -0.15) is 26.3 Å². The van der Waals surface area contributed by atoms with E-state index < -0.39 is 33.5 Å². The molecule has 1 aromatic rings. The number of aryl methyl sites for hydroxylation is 2. The molecule has 0 unspecified atom stereocenters. The summed E-state index contributed by atoms with van der Waals surface area (Å²) in [5.74, 6) is -0.331. The Morgan fingerprint density at radius 3 is 1.67 bits per heavy atom. The van der Waals surface area contributed by atoms with Gasteiger partial charge in [-0.25, -0.2) is 8.42 Å². The minimum atomic E-state index is -6.01. The normalized spacial score (nSPS) is 13.9. The van der Waals surface area contributed by atoms with Gasteiger partial charge in [-0.3, -0.25) is 4.72 Å². The molecular formula is C13H15F6NO3S. The smallest absolute Gasteiger partial charge is 0.369 e. The summed E-state index contributed by atoms with van der Waals surface area (Å²) < 4.78 is 103. The molecule has 0 fully saturated rings. The van der Waals surface area contributed by atoms with Crippen LogP contribution in [0.3, 0.4) is 0 Å². The predicted molar refractivity (Wildman–Crippen MR) is 75.0 cm³/mol. The summed E-state index contributed by atoms with van der Waals surface area (Å²) in [4.78, 5) is 0. The van der Waals surface area contributed by atoms with Crippen molar-refractivity contribution in [2.24, 2.45) is 0 Å². The molecule has 24 heavy (non-hydrogen) atoms. The summed E-state index contributed by atoms with van der Waals surface area (Å²) in [6, 6.07) is 0.920. The molecule has 0 spiro atoms. The van der Waals surface area contributed by atoms with Crippen molar-refractivity contribution >= 4 is 15.7 Å². The lowest BCUT2D eigenvalue weighted by atomic mass is 9.89. The van der Waals surface area contributed by atoms with Gasteiger partial charge in [0.15, 0.2) is 0 Å². The van der Waals surface area contributed by atoms with Gasteiger partial charge in [0.25, 0.3) is 5.60 Å². The minimum Gasteiger partial charge on any atom is -0.369 e. The average molecular weight is 379 g/mol. The van der Waals surface area contributed by atoms with Crippen molar-refractivity contribution in [1.82, 2.24) is 0 Å². The van der Waals surface area contributed by atoms with Crippen LogP contribution >= 0.6 is 0 Å². The third-order valence-electron chi connectivity index (χ3n) is 3.41. The van der Waals surface area contributed by atoms with Crippen LogP contribution in [0.25, 0.3) is 0 Å². The molecule has 138 valence electrons. The van der Waals surface area contributed by atoms with E-state index in [1.54, 1.807) is 0 Å². The Morgan fingerprint density at radius 1 is 1.00 bits per heavy atom. The Balaban J connectivity index is 3.59. The summed E-state index contributed by atoms with van der Waals surface area (Å²) in [6.07, 6.45) is -12.0. The number of alkyl halides is 6. The van der Waals surface area contributed by atoms with Gasteiger partial charge in [0.05, 0.1) is 11.4 Å².